The van der Waals surface area contributed by atoms with E-state index in [9.17, 15) is 4.79 Å². The quantitative estimate of drug-likeness (QED) is 0.285. The van der Waals surface area contributed by atoms with Gasteiger partial charge in [-0.25, -0.2) is 0 Å². The number of hydrogen-bond acceptors (Lipinski definition) is 3. The van der Waals surface area contributed by atoms with Crippen molar-refractivity contribution in [2.24, 2.45) is 0 Å². The van der Waals surface area contributed by atoms with Crippen LogP contribution in [0.1, 0.15) is 71.1 Å². The summed E-state index contributed by atoms with van der Waals surface area (Å²) in [7, 11) is 0. The van der Waals surface area contributed by atoms with Crippen LogP contribution in [0.2, 0.25) is 0 Å². The van der Waals surface area contributed by atoms with Gasteiger partial charge in [-0.15, -0.1) is 11.8 Å². The lowest BCUT2D eigenvalue weighted by molar-refractivity contribution is -0.134. The molecule has 0 aromatic heterocycles. The Morgan fingerprint density at radius 2 is 1.44 bits per heavy atom. The Balaban J connectivity index is 3.05. The van der Waals surface area contributed by atoms with Crippen LogP contribution in [0.25, 0.3) is 0 Å². The number of aliphatic carboxylic acids is 1. The van der Waals surface area contributed by atoms with Crippen molar-refractivity contribution in [3.8, 4) is 0 Å². The molecule has 0 aliphatic carbocycles. The standard InChI is InChI=1S/C14H28O2S2/c1-2-3-4-5-6-7-8-9-10-11-12-18-14(17)13(15)16/h14,17H,2-12H2,1H3,(H,15,16). The van der Waals surface area contributed by atoms with Crippen molar-refractivity contribution in [3.05, 3.63) is 0 Å². The maximum absolute atomic E-state index is 10.5. The van der Waals surface area contributed by atoms with Gasteiger partial charge in [0.1, 0.15) is 4.58 Å². The molecule has 4 heteroatoms. The molecule has 1 unspecified atom stereocenters. The lowest BCUT2D eigenvalue weighted by Gasteiger charge is -2.05. The molecule has 0 saturated carbocycles. The molecule has 0 saturated heterocycles. The summed E-state index contributed by atoms with van der Waals surface area (Å²) in [5, 5.41) is 8.65. The summed E-state index contributed by atoms with van der Waals surface area (Å²) in [5.74, 6) is 0.0900. The van der Waals surface area contributed by atoms with E-state index in [4.69, 9.17) is 5.11 Å². The molecule has 0 aliphatic heterocycles. The highest BCUT2D eigenvalue weighted by Gasteiger charge is 2.10. The molecule has 0 radical (unpaired) electrons. The fourth-order valence-corrected chi connectivity index (χ4v) is 2.91. The molecule has 0 amide bonds. The average Bonchev–Trinajstić information content (AvgIpc) is 2.35. The van der Waals surface area contributed by atoms with Gasteiger partial charge >= 0.3 is 5.97 Å². The van der Waals surface area contributed by atoms with Crippen LogP contribution in [-0.4, -0.2) is 21.4 Å². The zero-order chi connectivity index (χ0) is 13.6. The second-order valence-corrected chi connectivity index (χ2v) is 6.82. The molecule has 0 aromatic rings. The number of carboxylic acid groups (broad SMARTS) is 1. The van der Waals surface area contributed by atoms with E-state index in [2.05, 4.69) is 19.6 Å². The van der Waals surface area contributed by atoms with Crippen molar-refractivity contribution in [1.82, 2.24) is 0 Å². The number of rotatable bonds is 13. The normalized spacial score (nSPS) is 12.6. The molecule has 0 bridgehead atoms. The molecule has 0 aromatic carbocycles. The highest BCUT2D eigenvalue weighted by Crippen LogP contribution is 2.18. The van der Waals surface area contributed by atoms with Gasteiger partial charge < -0.3 is 5.11 Å². The Hall–Kier alpha value is 0.170. The van der Waals surface area contributed by atoms with Crippen LogP contribution in [0.5, 0.6) is 0 Å². The summed E-state index contributed by atoms with van der Waals surface area (Å²) in [6, 6.07) is 0. The Kier molecular flexibility index (Phi) is 13.7. The fourth-order valence-electron chi connectivity index (χ4n) is 1.86. The maximum Gasteiger partial charge on any atom is 0.326 e. The molecule has 0 aliphatic rings. The van der Waals surface area contributed by atoms with Crippen LogP contribution < -0.4 is 0 Å². The summed E-state index contributed by atoms with van der Waals surface area (Å²) >= 11 is 5.41. The van der Waals surface area contributed by atoms with Crippen LogP contribution in [-0.2, 0) is 4.79 Å². The Morgan fingerprint density at radius 3 is 1.89 bits per heavy atom. The predicted octanol–water partition coefficient (Wildman–Crippen LogP) is 4.98. The molecule has 0 rings (SSSR count). The first-order chi connectivity index (χ1) is 8.68. The summed E-state index contributed by atoms with van der Waals surface area (Å²) in [5.41, 5.74) is 0. The van der Waals surface area contributed by atoms with Crippen LogP contribution in [0.3, 0.4) is 0 Å². The van der Waals surface area contributed by atoms with Gasteiger partial charge in [0.25, 0.3) is 0 Å². The zero-order valence-electron chi connectivity index (χ0n) is 11.6. The molecule has 2 nitrogen and oxygen atoms in total. The van der Waals surface area contributed by atoms with Crippen LogP contribution in [0, 0.1) is 0 Å². The van der Waals surface area contributed by atoms with Crippen LogP contribution >= 0.6 is 24.4 Å². The minimum atomic E-state index is -0.824. The van der Waals surface area contributed by atoms with Gasteiger partial charge in [0, 0.05) is 0 Å². The minimum absolute atomic E-state index is 0.552. The van der Waals surface area contributed by atoms with Crippen molar-refractivity contribution in [2.45, 2.75) is 75.7 Å². The molecule has 0 spiro atoms. The lowest BCUT2D eigenvalue weighted by atomic mass is 10.1. The molecule has 0 fully saturated rings. The van der Waals surface area contributed by atoms with Crippen molar-refractivity contribution in [1.29, 1.82) is 0 Å². The second kappa shape index (κ2) is 13.6. The second-order valence-electron chi connectivity index (χ2n) is 4.74. The van der Waals surface area contributed by atoms with E-state index >= 15 is 0 Å². The van der Waals surface area contributed by atoms with E-state index in [1.807, 2.05) is 0 Å². The minimum Gasteiger partial charge on any atom is -0.480 e. The van der Waals surface area contributed by atoms with E-state index < -0.39 is 10.6 Å². The largest absolute Gasteiger partial charge is 0.480 e. The molecule has 18 heavy (non-hydrogen) atoms. The fraction of sp³-hybridized carbons (Fsp3) is 0.929. The predicted molar refractivity (Wildman–Crippen MR) is 84.7 cm³/mol. The van der Waals surface area contributed by atoms with Gasteiger partial charge in [-0.05, 0) is 12.2 Å². The van der Waals surface area contributed by atoms with Gasteiger partial charge in [0.2, 0.25) is 0 Å². The maximum atomic E-state index is 10.5. The van der Waals surface area contributed by atoms with Crippen molar-refractivity contribution in [3.63, 3.8) is 0 Å². The molecule has 1 N–H and O–H groups in total. The third-order valence-corrected chi connectivity index (χ3v) is 4.69. The summed E-state index contributed by atoms with van der Waals surface area (Å²) in [6.45, 7) is 2.25. The summed E-state index contributed by atoms with van der Waals surface area (Å²) in [4.78, 5) is 10.5. The first kappa shape index (κ1) is 18.2. The van der Waals surface area contributed by atoms with Gasteiger partial charge in [-0.3, -0.25) is 4.79 Å². The number of unbranched alkanes of at least 4 members (excludes halogenated alkanes) is 9. The van der Waals surface area contributed by atoms with Crippen LogP contribution in [0.4, 0.5) is 0 Å². The van der Waals surface area contributed by atoms with E-state index in [0.29, 0.717) is 0 Å². The van der Waals surface area contributed by atoms with Gasteiger partial charge in [0.05, 0.1) is 0 Å². The smallest absolute Gasteiger partial charge is 0.326 e. The molecular formula is C14H28O2S2. The third-order valence-electron chi connectivity index (χ3n) is 2.98. The molecule has 1 atom stereocenters. The summed E-state index contributed by atoms with van der Waals surface area (Å²) < 4.78 is -0.552. The Morgan fingerprint density at radius 1 is 1.00 bits per heavy atom. The number of thiol groups is 1. The zero-order valence-corrected chi connectivity index (χ0v) is 13.3. The van der Waals surface area contributed by atoms with Crippen molar-refractivity contribution < 1.29 is 9.90 Å². The van der Waals surface area contributed by atoms with Gasteiger partial charge in [0.15, 0.2) is 0 Å². The first-order valence-electron chi connectivity index (χ1n) is 7.21. The highest BCUT2D eigenvalue weighted by molar-refractivity contribution is 8.11. The number of thioether (sulfide) groups is 1. The van der Waals surface area contributed by atoms with E-state index in [0.717, 1.165) is 12.2 Å². The van der Waals surface area contributed by atoms with E-state index in [1.54, 1.807) is 0 Å². The molecule has 0 heterocycles. The first-order valence-corrected chi connectivity index (χ1v) is 8.77. The van der Waals surface area contributed by atoms with Crippen LogP contribution in [0.15, 0.2) is 0 Å². The Bertz CT molecular complexity index is 198. The number of carbonyl (C=O) groups is 1. The SMILES string of the molecule is CCCCCCCCCCCCSC(S)C(=O)O. The van der Waals surface area contributed by atoms with Crippen molar-refractivity contribution >= 4 is 30.4 Å². The lowest BCUT2D eigenvalue weighted by Crippen LogP contribution is -2.09. The third kappa shape index (κ3) is 12.6. The Labute approximate surface area is 122 Å². The van der Waals surface area contributed by atoms with Gasteiger partial charge in [-0.2, -0.15) is 12.6 Å². The highest BCUT2D eigenvalue weighted by atomic mass is 32.2. The van der Waals surface area contributed by atoms with E-state index in [-0.39, 0.29) is 0 Å². The number of hydrogen-bond donors (Lipinski definition) is 2. The monoisotopic (exact) mass is 292 g/mol. The molecular weight excluding hydrogens is 264 g/mol. The van der Waals surface area contributed by atoms with Gasteiger partial charge in [-0.1, -0.05) is 64.7 Å². The molecule has 108 valence electrons. The van der Waals surface area contributed by atoms with Crippen molar-refractivity contribution in [2.75, 3.05) is 5.75 Å². The average molecular weight is 293 g/mol. The topological polar surface area (TPSA) is 37.3 Å². The van der Waals surface area contributed by atoms with E-state index in [1.165, 1.54) is 69.5 Å². The summed E-state index contributed by atoms with van der Waals surface area (Å²) in [6.07, 6.45) is 13.2. The number of carboxylic acids is 1.